The van der Waals surface area contributed by atoms with Gasteiger partial charge >= 0.3 is 0 Å². The van der Waals surface area contributed by atoms with Gasteiger partial charge in [-0.3, -0.25) is 4.90 Å². The number of likely N-dealkylation sites (tertiary alicyclic amines) is 1. The van der Waals surface area contributed by atoms with Crippen molar-refractivity contribution in [2.45, 2.75) is 59.7 Å². The molecule has 1 fully saturated rings. The molecule has 0 spiro atoms. The molecule has 0 amide bonds. The lowest BCUT2D eigenvalue weighted by Gasteiger charge is -2.33. The Balaban J connectivity index is 1.86. The van der Waals surface area contributed by atoms with Crippen LogP contribution in [0.2, 0.25) is 0 Å². The predicted octanol–water partition coefficient (Wildman–Crippen LogP) is 2.14. The fraction of sp³-hybridized carbons (Fsp3) is 0.875. The van der Waals surface area contributed by atoms with Crippen molar-refractivity contribution in [3.8, 4) is 0 Å². The summed E-state index contributed by atoms with van der Waals surface area (Å²) in [5, 5.41) is 7.94. The Morgan fingerprint density at radius 1 is 1.33 bits per heavy atom. The molecule has 1 atom stereocenters. The van der Waals surface area contributed by atoms with E-state index in [1.807, 2.05) is 0 Å². The van der Waals surface area contributed by atoms with Crippen LogP contribution >= 0.6 is 0 Å². The average Bonchev–Trinajstić information content (AvgIpc) is 2.83. The van der Waals surface area contributed by atoms with Gasteiger partial charge in [0.05, 0.1) is 6.54 Å². The summed E-state index contributed by atoms with van der Waals surface area (Å²) in [6.07, 6.45) is 4.33. The van der Waals surface area contributed by atoms with E-state index in [9.17, 15) is 0 Å². The number of hydrogen-bond acceptors (Lipinski definition) is 4. The third kappa shape index (κ3) is 5.40. The summed E-state index contributed by atoms with van der Waals surface area (Å²) in [6, 6.07) is 0.578. The van der Waals surface area contributed by atoms with Crippen LogP contribution in [-0.4, -0.2) is 45.3 Å². The predicted molar refractivity (Wildman–Crippen MR) is 86.0 cm³/mol. The Morgan fingerprint density at radius 2 is 2.14 bits per heavy atom. The summed E-state index contributed by atoms with van der Waals surface area (Å²) in [6.45, 7) is 14.3. The number of nitrogens with zero attached hydrogens (tertiary/aromatic N) is 4. The topological polar surface area (TPSA) is 46.0 Å². The van der Waals surface area contributed by atoms with E-state index in [0.29, 0.717) is 12.0 Å². The molecular formula is C16H31N5. The van der Waals surface area contributed by atoms with Crippen LogP contribution in [0, 0.1) is 11.8 Å². The molecule has 0 bridgehead atoms. The molecule has 2 rings (SSSR count). The zero-order valence-corrected chi connectivity index (χ0v) is 14.0. The number of hydrogen-bond donors (Lipinski definition) is 1. The lowest BCUT2D eigenvalue weighted by Crippen LogP contribution is -2.41. The number of aromatic nitrogens is 3. The van der Waals surface area contributed by atoms with Crippen molar-refractivity contribution in [2.75, 3.05) is 19.6 Å². The average molecular weight is 293 g/mol. The van der Waals surface area contributed by atoms with Crippen LogP contribution in [0.15, 0.2) is 6.33 Å². The molecule has 5 heteroatoms. The number of rotatable bonds is 7. The molecule has 21 heavy (non-hydrogen) atoms. The maximum absolute atomic E-state index is 4.46. The minimum absolute atomic E-state index is 0.578. The Morgan fingerprint density at radius 3 is 2.86 bits per heavy atom. The largest absolute Gasteiger partial charge is 0.314 e. The van der Waals surface area contributed by atoms with Gasteiger partial charge in [0, 0.05) is 19.1 Å². The first kappa shape index (κ1) is 16.4. The van der Waals surface area contributed by atoms with Crippen molar-refractivity contribution in [3.63, 3.8) is 0 Å². The van der Waals surface area contributed by atoms with Gasteiger partial charge in [0.15, 0.2) is 0 Å². The highest BCUT2D eigenvalue weighted by atomic mass is 15.3. The highest BCUT2D eigenvalue weighted by molar-refractivity contribution is 4.87. The van der Waals surface area contributed by atoms with Crippen LogP contribution in [0.5, 0.6) is 0 Å². The first-order chi connectivity index (χ1) is 10.0. The molecule has 1 unspecified atom stereocenters. The molecule has 0 aromatic carbocycles. The molecule has 1 aliphatic rings. The van der Waals surface area contributed by atoms with Gasteiger partial charge in [-0.1, -0.05) is 27.7 Å². The second kappa shape index (κ2) is 7.90. The van der Waals surface area contributed by atoms with Crippen molar-refractivity contribution in [2.24, 2.45) is 11.8 Å². The van der Waals surface area contributed by atoms with Crippen LogP contribution < -0.4 is 5.32 Å². The van der Waals surface area contributed by atoms with Crippen molar-refractivity contribution in [1.29, 1.82) is 0 Å². The molecule has 0 saturated carbocycles. The van der Waals surface area contributed by atoms with E-state index in [-0.39, 0.29) is 0 Å². The normalized spacial score (nSPS) is 20.6. The molecule has 1 N–H and O–H groups in total. The van der Waals surface area contributed by atoms with E-state index in [1.54, 1.807) is 6.33 Å². The zero-order valence-electron chi connectivity index (χ0n) is 14.0. The Labute approximate surface area is 129 Å². The third-order valence-electron chi connectivity index (χ3n) is 4.02. The van der Waals surface area contributed by atoms with Crippen LogP contribution in [0.3, 0.4) is 0 Å². The summed E-state index contributed by atoms with van der Waals surface area (Å²) in [7, 11) is 0. The highest BCUT2D eigenvalue weighted by Crippen LogP contribution is 2.17. The van der Waals surface area contributed by atoms with E-state index in [2.05, 4.69) is 52.7 Å². The van der Waals surface area contributed by atoms with E-state index < -0.39 is 0 Å². The molecule has 1 saturated heterocycles. The number of piperidine rings is 1. The maximum atomic E-state index is 4.46. The summed E-state index contributed by atoms with van der Waals surface area (Å²) in [4.78, 5) is 7.00. The molecular weight excluding hydrogens is 262 g/mol. The molecule has 1 aromatic heterocycles. The standard InChI is InChI=1S/C16H31N5/c1-13(2)9-21-16(18-12-19-21)11-20-7-5-6-15(10-20)8-17-14(3)4/h12-15,17H,5-11H2,1-4H3. The van der Waals surface area contributed by atoms with Crippen LogP contribution in [-0.2, 0) is 13.1 Å². The summed E-state index contributed by atoms with van der Waals surface area (Å²) in [5.74, 6) is 2.48. The fourth-order valence-corrected chi connectivity index (χ4v) is 2.97. The lowest BCUT2D eigenvalue weighted by atomic mass is 9.97. The molecule has 0 aliphatic carbocycles. The minimum atomic E-state index is 0.578. The highest BCUT2D eigenvalue weighted by Gasteiger charge is 2.21. The Hall–Kier alpha value is -0.940. The van der Waals surface area contributed by atoms with E-state index in [1.165, 1.54) is 25.9 Å². The lowest BCUT2D eigenvalue weighted by molar-refractivity contribution is 0.157. The van der Waals surface area contributed by atoms with E-state index in [0.717, 1.165) is 31.4 Å². The van der Waals surface area contributed by atoms with Crippen molar-refractivity contribution < 1.29 is 0 Å². The summed E-state index contributed by atoms with van der Waals surface area (Å²) in [5.41, 5.74) is 0. The van der Waals surface area contributed by atoms with Gasteiger partial charge in [0.2, 0.25) is 0 Å². The molecule has 1 aromatic rings. The monoisotopic (exact) mass is 293 g/mol. The van der Waals surface area contributed by atoms with Gasteiger partial charge in [-0.15, -0.1) is 0 Å². The molecule has 0 radical (unpaired) electrons. The first-order valence-corrected chi connectivity index (χ1v) is 8.37. The minimum Gasteiger partial charge on any atom is -0.314 e. The molecule has 2 heterocycles. The van der Waals surface area contributed by atoms with Gasteiger partial charge < -0.3 is 5.32 Å². The Kier molecular flexibility index (Phi) is 6.18. The first-order valence-electron chi connectivity index (χ1n) is 8.37. The third-order valence-corrected chi connectivity index (χ3v) is 4.02. The van der Waals surface area contributed by atoms with Crippen LogP contribution in [0.25, 0.3) is 0 Å². The van der Waals surface area contributed by atoms with Gasteiger partial charge in [0.25, 0.3) is 0 Å². The number of nitrogens with one attached hydrogen (secondary N) is 1. The van der Waals surface area contributed by atoms with Crippen LogP contribution in [0.1, 0.15) is 46.4 Å². The zero-order chi connectivity index (χ0) is 15.2. The SMILES string of the molecule is CC(C)Cn1ncnc1CN1CCCC(CNC(C)C)C1. The van der Waals surface area contributed by atoms with Gasteiger partial charge in [0.1, 0.15) is 12.2 Å². The maximum Gasteiger partial charge on any atom is 0.141 e. The molecule has 5 nitrogen and oxygen atoms in total. The van der Waals surface area contributed by atoms with Crippen molar-refractivity contribution in [3.05, 3.63) is 12.2 Å². The van der Waals surface area contributed by atoms with E-state index in [4.69, 9.17) is 0 Å². The summed E-state index contributed by atoms with van der Waals surface area (Å²) >= 11 is 0. The summed E-state index contributed by atoms with van der Waals surface area (Å²) < 4.78 is 2.07. The van der Waals surface area contributed by atoms with E-state index >= 15 is 0 Å². The van der Waals surface area contributed by atoms with Gasteiger partial charge in [-0.25, -0.2) is 9.67 Å². The van der Waals surface area contributed by atoms with Gasteiger partial charge in [-0.2, -0.15) is 5.10 Å². The second-order valence-electron chi connectivity index (χ2n) is 7.06. The van der Waals surface area contributed by atoms with Crippen LogP contribution in [0.4, 0.5) is 0 Å². The Bertz CT molecular complexity index is 413. The molecule has 120 valence electrons. The van der Waals surface area contributed by atoms with Crippen molar-refractivity contribution >= 4 is 0 Å². The van der Waals surface area contributed by atoms with Gasteiger partial charge in [-0.05, 0) is 37.8 Å². The van der Waals surface area contributed by atoms with Crippen molar-refractivity contribution in [1.82, 2.24) is 25.0 Å². The smallest absolute Gasteiger partial charge is 0.141 e. The fourth-order valence-electron chi connectivity index (χ4n) is 2.97. The molecule has 1 aliphatic heterocycles. The second-order valence-corrected chi connectivity index (χ2v) is 7.06. The quantitative estimate of drug-likeness (QED) is 0.837.